The Bertz CT molecular complexity index is 548. The average molecular weight is 273 g/mol. The summed E-state index contributed by atoms with van der Waals surface area (Å²) in [7, 11) is -2.57. The molecule has 0 atom stereocenters. The van der Waals surface area contributed by atoms with E-state index >= 15 is 0 Å². The maximum Gasteiger partial charge on any atom is 0.337 e. The Morgan fingerprint density at radius 1 is 1.39 bits per heavy atom. The first-order chi connectivity index (χ1) is 8.34. The molecule has 7 nitrogen and oxygen atoms in total. The molecule has 0 radical (unpaired) electrons. The number of carbonyl (C=O) groups excluding carboxylic acids is 1. The first-order valence-corrected chi connectivity index (χ1v) is 6.61. The lowest BCUT2D eigenvalue weighted by molar-refractivity contribution is -0.137. The second-order valence-electron chi connectivity index (χ2n) is 3.45. The molecule has 0 aromatic carbocycles. The van der Waals surface area contributed by atoms with Crippen molar-refractivity contribution in [3.8, 4) is 0 Å². The molecule has 1 rings (SSSR count). The van der Waals surface area contributed by atoms with Gasteiger partial charge in [-0.3, -0.25) is 9.78 Å². The zero-order valence-electron chi connectivity index (χ0n) is 9.49. The summed E-state index contributed by atoms with van der Waals surface area (Å²) in [5, 5.41) is 8.64. The van der Waals surface area contributed by atoms with E-state index in [0.29, 0.717) is 0 Å². The van der Waals surface area contributed by atoms with Crippen LogP contribution < -0.4 is 0 Å². The molecule has 8 heteroatoms. The zero-order chi connectivity index (χ0) is 13.8. The van der Waals surface area contributed by atoms with Crippen LogP contribution in [-0.2, 0) is 25.1 Å². The molecule has 1 N–H and O–H groups in total. The van der Waals surface area contributed by atoms with Crippen molar-refractivity contribution in [2.24, 2.45) is 0 Å². The van der Waals surface area contributed by atoms with Crippen molar-refractivity contribution in [2.75, 3.05) is 12.9 Å². The van der Waals surface area contributed by atoms with E-state index in [-0.39, 0.29) is 11.3 Å². The predicted octanol–water partition coefficient (Wildman–Crippen LogP) is -0.132. The van der Waals surface area contributed by atoms with Crippen LogP contribution in [0.2, 0.25) is 0 Å². The van der Waals surface area contributed by atoms with Crippen molar-refractivity contribution < 1.29 is 27.9 Å². The van der Waals surface area contributed by atoms with Crippen molar-refractivity contribution in [1.82, 2.24) is 4.98 Å². The summed E-state index contributed by atoms with van der Waals surface area (Å²) >= 11 is 0. The van der Waals surface area contributed by atoms with E-state index in [9.17, 15) is 18.0 Å². The fourth-order valence-corrected chi connectivity index (χ4v) is 2.35. The molecule has 0 unspecified atom stereocenters. The molecule has 0 saturated heterocycles. The molecule has 0 aliphatic rings. The lowest BCUT2D eigenvalue weighted by Gasteiger charge is -2.03. The molecule has 0 fully saturated rings. The zero-order valence-corrected chi connectivity index (χ0v) is 10.3. The Morgan fingerprint density at radius 3 is 2.50 bits per heavy atom. The molecular formula is C10H11NO6S. The van der Waals surface area contributed by atoms with Crippen molar-refractivity contribution in [3.63, 3.8) is 0 Å². The molecule has 0 saturated carbocycles. The third-order valence-corrected chi connectivity index (χ3v) is 3.42. The number of carboxylic acid groups (broad SMARTS) is 1. The Labute approximate surface area is 103 Å². The predicted molar refractivity (Wildman–Crippen MR) is 60.7 cm³/mol. The van der Waals surface area contributed by atoms with E-state index in [1.54, 1.807) is 0 Å². The highest BCUT2D eigenvalue weighted by molar-refractivity contribution is 7.91. The summed E-state index contributed by atoms with van der Waals surface area (Å²) in [5.41, 5.74) is 0.132. The molecule has 0 aliphatic heterocycles. The first kappa shape index (κ1) is 14.1. The fourth-order valence-electron chi connectivity index (χ4n) is 1.15. The van der Waals surface area contributed by atoms with Gasteiger partial charge in [-0.05, 0) is 12.1 Å². The normalized spacial score (nSPS) is 10.9. The molecule has 18 heavy (non-hydrogen) atoms. The highest BCUT2D eigenvalue weighted by Gasteiger charge is 2.18. The number of sulfone groups is 1. The number of methoxy groups -OCH3 is 1. The van der Waals surface area contributed by atoms with E-state index in [4.69, 9.17) is 5.11 Å². The third-order valence-electron chi connectivity index (χ3n) is 2.00. The van der Waals surface area contributed by atoms with Crippen molar-refractivity contribution in [2.45, 2.75) is 5.75 Å². The van der Waals surface area contributed by atoms with E-state index in [1.165, 1.54) is 12.1 Å². The topological polar surface area (TPSA) is 111 Å². The van der Waals surface area contributed by atoms with Crippen LogP contribution in [0.25, 0.3) is 0 Å². The largest absolute Gasteiger partial charge is 0.478 e. The van der Waals surface area contributed by atoms with Crippen LogP contribution in [0.1, 0.15) is 16.1 Å². The molecule has 1 aromatic rings. The summed E-state index contributed by atoms with van der Waals surface area (Å²) in [5.74, 6) is -3.17. The number of carbonyl (C=O) groups is 2. The van der Waals surface area contributed by atoms with Gasteiger partial charge in [0, 0.05) is 6.20 Å². The molecule has 0 amide bonds. The number of pyridine rings is 1. The number of rotatable bonds is 5. The minimum absolute atomic E-state index is 0.0379. The second-order valence-corrected chi connectivity index (χ2v) is 5.52. The molecule has 0 spiro atoms. The lowest BCUT2D eigenvalue weighted by atomic mass is 10.2. The number of hydrogen-bond acceptors (Lipinski definition) is 6. The Balaban J connectivity index is 2.78. The molecule has 98 valence electrons. The summed E-state index contributed by atoms with van der Waals surface area (Å²) in [6.45, 7) is 0. The minimum atomic E-state index is -3.66. The fraction of sp³-hybridized carbons (Fsp3) is 0.300. The van der Waals surface area contributed by atoms with Crippen molar-refractivity contribution in [1.29, 1.82) is 0 Å². The van der Waals surface area contributed by atoms with Gasteiger partial charge in [0.1, 0.15) is 5.75 Å². The van der Waals surface area contributed by atoms with Gasteiger partial charge in [0.2, 0.25) is 0 Å². The highest BCUT2D eigenvalue weighted by atomic mass is 32.2. The number of hydrogen-bond donors (Lipinski definition) is 1. The van der Waals surface area contributed by atoms with Gasteiger partial charge < -0.3 is 9.84 Å². The second kappa shape index (κ2) is 5.58. The van der Waals surface area contributed by atoms with Crippen LogP contribution in [0.4, 0.5) is 0 Å². The smallest absolute Gasteiger partial charge is 0.337 e. The van der Waals surface area contributed by atoms with Gasteiger partial charge in [-0.15, -0.1) is 0 Å². The number of aromatic carboxylic acids is 1. The van der Waals surface area contributed by atoms with E-state index in [2.05, 4.69) is 9.72 Å². The van der Waals surface area contributed by atoms with Crippen LogP contribution >= 0.6 is 0 Å². The van der Waals surface area contributed by atoms with Gasteiger partial charge in [-0.1, -0.05) is 0 Å². The molecule has 0 bridgehead atoms. The van der Waals surface area contributed by atoms with Gasteiger partial charge in [0.05, 0.1) is 24.1 Å². The molecule has 1 aromatic heterocycles. The average Bonchev–Trinajstić information content (AvgIpc) is 2.28. The Hall–Kier alpha value is -1.96. The number of carboxylic acids is 1. The Kier molecular flexibility index (Phi) is 4.38. The number of ether oxygens (including phenoxy) is 1. The van der Waals surface area contributed by atoms with Crippen LogP contribution in [0.3, 0.4) is 0 Å². The first-order valence-electron chi connectivity index (χ1n) is 4.79. The van der Waals surface area contributed by atoms with Crippen LogP contribution in [0.15, 0.2) is 18.3 Å². The van der Waals surface area contributed by atoms with Gasteiger partial charge in [-0.2, -0.15) is 0 Å². The van der Waals surface area contributed by atoms with E-state index in [1.807, 2.05) is 0 Å². The summed E-state index contributed by atoms with van der Waals surface area (Å²) < 4.78 is 27.3. The SMILES string of the molecule is COC(=O)CS(=O)(=O)Cc1ccc(C(=O)O)cn1. The number of esters is 1. The molecule has 0 aliphatic carbocycles. The Morgan fingerprint density at radius 2 is 2.06 bits per heavy atom. The minimum Gasteiger partial charge on any atom is -0.478 e. The van der Waals surface area contributed by atoms with Crippen LogP contribution in [0, 0.1) is 0 Å². The van der Waals surface area contributed by atoms with Gasteiger partial charge in [-0.25, -0.2) is 13.2 Å². The molecule has 1 heterocycles. The van der Waals surface area contributed by atoms with E-state index < -0.39 is 33.3 Å². The van der Waals surface area contributed by atoms with Gasteiger partial charge in [0.25, 0.3) is 0 Å². The molecular weight excluding hydrogens is 262 g/mol. The van der Waals surface area contributed by atoms with E-state index in [0.717, 1.165) is 13.3 Å². The van der Waals surface area contributed by atoms with Crippen LogP contribution in [0.5, 0.6) is 0 Å². The lowest BCUT2D eigenvalue weighted by Crippen LogP contribution is -2.19. The standard InChI is InChI=1S/C10H11NO6S/c1-17-9(12)6-18(15,16)5-8-3-2-7(4-11-8)10(13)14/h2-4H,5-6H2,1H3,(H,13,14). The van der Waals surface area contributed by atoms with Gasteiger partial charge >= 0.3 is 11.9 Å². The quantitative estimate of drug-likeness (QED) is 0.744. The maximum absolute atomic E-state index is 11.5. The monoisotopic (exact) mass is 273 g/mol. The maximum atomic E-state index is 11.5. The number of nitrogens with zero attached hydrogens (tertiary/aromatic N) is 1. The summed E-state index contributed by atoms with van der Waals surface area (Å²) in [6, 6.07) is 2.54. The van der Waals surface area contributed by atoms with Crippen molar-refractivity contribution >= 4 is 21.8 Å². The summed E-state index contributed by atoms with van der Waals surface area (Å²) in [4.78, 5) is 25.1. The highest BCUT2D eigenvalue weighted by Crippen LogP contribution is 2.06. The number of aromatic nitrogens is 1. The third kappa shape index (κ3) is 4.13. The van der Waals surface area contributed by atoms with Crippen LogP contribution in [-0.4, -0.2) is 43.3 Å². The summed E-state index contributed by atoms with van der Waals surface area (Å²) in [6.07, 6.45) is 1.06. The van der Waals surface area contributed by atoms with Gasteiger partial charge in [0.15, 0.2) is 9.84 Å². The van der Waals surface area contributed by atoms with Crippen molar-refractivity contribution in [3.05, 3.63) is 29.6 Å².